The van der Waals surface area contributed by atoms with Crippen LogP contribution < -0.4 is 4.74 Å². The van der Waals surface area contributed by atoms with Gasteiger partial charge in [0.2, 0.25) is 5.78 Å². The Morgan fingerprint density at radius 2 is 1.85 bits per heavy atom. The van der Waals surface area contributed by atoms with Crippen molar-refractivity contribution in [2.24, 2.45) is 0 Å². The van der Waals surface area contributed by atoms with Gasteiger partial charge in [-0.05, 0) is 37.6 Å². The Kier molecular flexibility index (Phi) is 6.82. The van der Waals surface area contributed by atoms with Crippen LogP contribution in [0.4, 0.5) is 5.69 Å². The highest BCUT2D eigenvalue weighted by atomic mass is 16.6. The molecule has 7 nitrogen and oxygen atoms in total. The van der Waals surface area contributed by atoms with E-state index in [0.717, 1.165) is 11.3 Å². The topological polar surface area (TPSA) is 95.7 Å². The Bertz CT molecular complexity index is 871. The first-order valence-corrected chi connectivity index (χ1v) is 8.26. The zero-order chi connectivity index (χ0) is 19.8. The quantitative estimate of drug-likeness (QED) is 0.231. The number of Topliss-reactive ketones (excluding diaryl/α,β-unsaturated/α-hetero) is 1. The van der Waals surface area contributed by atoms with E-state index in [1.807, 2.05) is 6.92 Å². The standard InChI is InChI=1S/C20H19NO6/c1-3-26-17-9-5-15(6-10-17)7-11-20(23)27-13-19(22)16-8-4-14(2)18(12-16)21(24)25/h4-12H,3,13H2,1-2H3/b11-7+. The van der Waals surface area contributed by atoms with E-state index in [4.69, 9.17) is 9.47 Å². The summed E-state index contributed by atoms with van der Waals surface area (Å²) in [4.78, 5) is 34.2. The van der Waals surface area contributed by atoms with Crippen molar-refractivity contribution in [3.05, 3.63) is 75.3 Å². The number of nitrogens with zero attached hydrogens (tertiary/aromatic N) is 1. The van der Waals surface area contributed by atoms with Crippen molar-refractivity contribution in [3.8, 4) is 5.75 Å². The van der Waals surface area contributed by atoms with Crippen LogP contribution in [0.3, 0.4) is 0 Å². The molecule has 0 saturated carbocycles. The fraction of sp³-hybridized carbons (Fsp3) is 0.200. The number of hydrogen-bond acceptors (Lipinski definition) is 6. The smallest absolute Gasteiger partial charge is 0.331 e. The Balaban J connectivity index is 1.92. The molecule has 0 aliphatic heterocycles. The summed E-state index contributed by atoms with van der Waals surface area (Å²) in [6, 6.07) is 11.3. The van der Waals surface area contributed by atoms with Crippen molar-refractivity contribution >= 4 is 23.5 Å². The number of rotatable bonds is 8. The maximum absolute atomic E-state index is 12.1. The number of nitro benzene ring substituents is 1. The zero-order valence-electron chi connectivity index (χ0n) is 15.0. The lowest BCUT2D eigenvalue weighted by Crippen LogP contribution is -2.13. The fourth-order valence-electron chi connectivity index (χ4n) is 2.25. The fourth-order valence-corrected chi connectivity index (χ4v) is 2.25. The van der Waals surface area contributed by atoms with Crippen LogP contribution in [0.25, 0.3) is 6.08 Å². The van der Waals surface area contributed by atoms with Crippen LogP contribution in [0.15, 0.2) is 48.5 Å². The number of nitro groups is 1. The van der Waals surface area contributed by atoms with Crippen LogP contribution in [0.2, 0.25) is 0 Å². The molecule has 2 rings (SSSR count). The van der Waals surface area contributed by atoms with Crippen LogP contribution in [0, 0.1) is 17.0 Å². The molecule has 0 saturated heterocycles. The third-order valence-electron chi connectivity index (χ3n) is 3.68. The summed E-state index contributed by atoms with van der Waals surface area (Å²) in [5.74, 6) is -0.463. The predicted octanol–water partition coefficient (Wildman–Crippen LogP) is 3.74. The second kappa shape index (κ2) is 9.28. The zero-order valence-corrected chi connectivity index (χ0v) is 15.0. The van der Waals surface area contributed by atoms with Crippen LogP contribution in [-0.2, 0) is 9.53 Å². The average molecular weight is 369 g/mol. The molecule has 27 heavy (non-hydrogen) atoms. The molecule has 0 fully saturated rings. The minimum Gasteiger partial charge on any atom is -0.494 e. The van der Waals surface area contributed by atoms with E-state index < -0.39 is 23.3 Å². The molecular formula is C20H19NO6. The first-order valence-electron chi connectivity index (χ1n) is 8.26. The van der Waals surface area contributed by atoms with Crippen LogP contribution >= 0.6 is 0 Å². The molecular weight excluding hydrogens is 350 g/mol. The van der Waals surface area contributed by atoms with Gasteiger partial charge in [0.15, 0.2) is 6.61 Å². The molecule has 0 atom stereocenters. The number of ketones is 1. The second-order valence-electron chi connectivity index (χ2n) is 5.62. The monoisotopic (exact) mass is 369 g/mol. The molecule has 0 aliphatic carbocycles. The number of ether oxygens (including phenoxy) is 2. The lowest BCUT2D eigenvalue weighted by molar-refractivity contribution is -0.385. The third kappa shape index (κ3) is 5.78. The number of hydrogen-bond donors (Lipinski definition) is 0. The van der Waals surface area contributed by atoms with Crippen molar-refractivity contribution in [2.75, 3.05) is 13.2 Å². The SMILES string of the molecule is CCOc1ccc(/C=C/C(=O)OCC(=O)c2ccc(C)c([N+](=O)[O-])c2)cc1. The molecule has 0 unspecified atom stereocenters. The van der Waals surface area contributed by atoms with Gasteiger partial charge in [0.1, 0.15) is 5.75 Å². The molecule has 7 heteroatoms. The van der Waals surface area contributed by atoms with E-state index in [0.29, 0.717) is 12.2 Å². The minimum absolute atomic E-state index is 0.121. The highest BCUT2D eigenvalue weighted by molar-refractivity contribution is 5.99. The first kappa shape index (κ1) is 19.8. The van der Waals surface area contributed by atoms with Crippen LogP contribution in [-0.4, -0.2) is 29.9 Å². The Hall–Kier alpha value is -3.48. The van der Waals surface area contributed by atoms with Crippen LogP contribution in [0.5, 0.6) is 5.75 Å². The number of carbonyl (C=O) groups excluding carboxylic acids is 2. The Morgan fingerprint density at radius 1 is 1.15 bits per heavy atom. The van der Waals surface area contributed by atoms with Crippen molar-refractivity contribution in [1.29, 1.82) is 0 Å². The summed E-state index contributed by atoms with van der Waals surface area (Å²) in [6.07, 6.45) is 2.76. The molecule has 0 spiro atoms. The van der Waals surface area contributed by atoms with Gasteiger partial charge in [0.05, 0.1) is 11.5 Å². The molecule has 2 aromatic rings. The van der Waals surface area contributed by atoms with Gasteiger partial charge >= 0.3 is 5.97 Å². The van der Waals surface area contributed by atoms with Gasteiger partial charge in [-0.2, -0.15) is 0 Å². The maximum Gasteiger partial charge on any atom is 0.331 e. The number of benzene rings is 2. The molecule has 0 heterocycles. The molecule has 0 amide bonds. The Morgan fingerprint density at radius 3 is 2.48 bits per heavy atom. The van der Waals surface area contributed by atoms with Crippen molar-refractivity contribution in [1.82, 2.24) is 0 Å². The molecule has 0 bridgehead atoms. The van der Waals surface area contributed by atoms with E-state index in [2.05, 4.69) is 0 Å². The highest BCUT2D eigenvalue weighted by Crippen LogP contribution is 2.19. The molecule has 2 aromatic carbocycles. The highest BCUT2D eigenvalue weighted by Gasteiger charge is 2.15. The summed E-state index contributed by atoms with van der Waals surface area (Å²) in [6.45, 7) is 3.55. The van der Waals surface area contributed by atoms with Crippen LogP contribution in [0.1, 0.15) is 28.4 Å². The maximum atomic E-state index is 12.1. The lowest BCUT2D eigenvalue weighted by atomic mass is 10.1. The molecule has 0 radical (unpaired) electrons. The van der Waals surface area contributed by atoms with Crippen molar-refractivity contribution < 1.29 is 24.0 Å². The number of carbonyl (C=O) groups is 2. The molecule has 0 N–H and O–H groups in total. The van der Waals surface area contributed by atoms with Gasteiger partial charge in [-0.15, -0.1) is 0 Å². The van der Waals surface area contributed by atoms with Gasteiger partial charge in [-0.3, -0.25) is 14.9 Å². The molecule has 0 aromatic heterocycles. The van der Waals surface area contributed by atoms with Gasteiger partial charge in [0.25, 0.3) is 5.69 Å². The number of esters is 1. The first-order chi connectivity index (χ1) is 12.9. The molecule has 140 valence electrons. The largest absolute Gasteiger partial charge is 0.494 e. The van der Waals surface area contributed by atoms with E-state index in [-0.39, 0.29) is 11.3 Å². The number of aryl methyl sites for hydroxylation is 1. The summed E-state index contributed by atoms with van der Waals surface area (Å²) in [5, 5.41) is 10.9. The summed E-state index contributed by atoms with van der Waals surface area (Å²) >= 11 is 0. The summed E-state index contributed by atoms with van der Waals surface area (Å²) < 4.78 is 10.2. The van der Waals surface area contributed by atoms with Gasteiger partial charge in [0, 0.05) is 23.3 Å². The summed E-state index contributed by atoms with van der Waals surface area (Å²) in [7, 11) is 0. The van der Waals surface area contributed by atoms with Gasteiger partial charge in [-0.25, -0.2) is 4.79 Å². The van der Waals surface area contributed by atoms with Gasteiger partial charge < -0.3 is 9.47 Å². The third-order valence-corrected chi connectivity index (χ3v) is 3.68. The van der Waals surface area contributed by atoms with E-state index in [1.165, 1.54) is 24.3 Å². The molecule has 0 aliphatic rings. The second-order valence-corrected chi connectivity index (χ2v) is 5.62. The predicted molar refractivity (Wildman–Crippen MR) is 99.8 cm³/mol. The average Bonchev–Trinajstić information content (AvgIpc) is 2.66. The van der Waals surface area contributed by atoms with Crippen molar-refractivity contribution in [3.63, 3.8) is 0 Å². The van der Waals surface area contributed by atoms with E-state index >= 15 is 0 Å². The minimum atomic E-state index is -0.682. The Labute approximate surface area is 156 Å². The summed E-state index contributed by atoms with van der Waals surface area (Å²) in [5.41, 5.74) is 1.20. The van der Waals surface area contributed by atoms with E-state index in [9.17, 15) is 19.7 Å². The van der Waals surface area contributed by atoms with E-state index in [1.54, 1.807) is 37.3 Å². The lowest BCUT2D eigenvalue weighted by Gasteiger charge is -2.04. The van der Waals surface area contributed by atoms with Crippen molar-refractivity contribution in [2.45, 2.75) is 13.8 Å². The van der Waals surface area contributed by atoms with Gasteiger partial charge in [-0.1, -0.05) is 24.3 Å². The normalized spacial score (nSPS) is 10.6.